The number of amides is 1. The fraction of sp³-hybridized carbons (Fsp3) is 0.875. The number of nitrogens with one attached hydrogen (secondary N) is 1. The van der Waals surface area contributed by atoms with E-state index in [0.29, 0.717) is 5.92 Å². The number of aliphatic hydroxyl groups is 1. The molecule has 12 heavy (non-hydrogen) atoms. The molecule has 1 amide bonds. The van der Waals surface area contributed by atoms with Gasteiger partial charge in [-0.15, -0.1) is 0 Å². The second-order valence-electron chi connectivity index (χ2n) is 3.15. The summed E-state index contributed by atoms with van der Waals surface area (Å²) in [5, 5.41) is 11.6. The highest BCUT2D eigenvalue weighted by molar-refractivity contribution is 7.99. The zero-order valence-electron chi connectivity index (χ0n) is 7.25. The molecular weight excluding hydrogens is 174 g/mol. The van der Waals surface area contributed by atoms with Crippen molar-refractivity contribution in [2.45, 2.75) is 19.4 Å². The van der Waals surface area contributed by atoms with Gasteiger partial charge in [-0.05, 0) is 30.8 Å². The fourth-order valence-corrected chi connectivity index (χ4v) is 2.42. The van der Waals surface area contributed by atoms with Gasteiger partial charge in [-0.1, -0.05) is 0 Å². The van der Waals surface area contributed by atoms with Crippen molar-refractivity contribution in [2.75, 3.05) is 18.1 Å². The zero-order valence-corrected chi connectivity index (χ0v) is 8.06. The summed E-state index contributed by atoms with van der Waals surface area (Å²) in [5.41, 5.74) is 0. The third kappa shape index (κ3) is 3.03. The number of hydrogen-bond donors (Lipinski definition) is 2. The maximum Gasteiger partial charge on any atom is 0.248 e. The third-order valence-electron chi connectivity index (χ3n) is 1.97. The van der Waals surface area contributed by atoms with Crippen LogP contribution in [-0.4, -0.2) is 35.2 Å². The van der Waals surface area contributed by atoms with Crippen LogP contribution >= 0.6 is 11.8 Å². The molecule has 0 spiro atoms. The van der Waals surface area contributed by atoms with Crippen LogP contribution < -0.4 is 5.32 Å². The quantitative estimate of drug-likeness (QED) is 0.668. The first-order valence-corrected chi connectivity index (χ1v) is 5.39. The number of carbonyl (C=O) groups excluding carboxylic acids is 1. The lowest BCUT2D eigenvalue weighted by molar-refractivity contribution is -0.128. The number of hydrogen-bond acceptors (Lipinski definition) is 3. The Labute approximate surface area is 76.9 Å². The first-order valence-electron chi connectivity index (χ1n) is 4.23. The first-order chi connectivity index (χ1) is 5.70. The van der Waals surface area contributed by atoms with Crippen LogP contribution in [0, 0.1) is 5.92 Å². The third-order valence-corrected chi connectivity index (χ3v) is 3.20. The van der Waals surface area contributed by atoms with E-state index >= 15 is 0 Å². The molecule has 3 nitrogen and oxygen atoms in total. The number of thioether (sulfide) groups is 1. The molecule has 0 saturated carbocycles. The van der Waals surface area contributed by atoms with Gasteiger partial charge in [0.1, 0.15) is 6.10 Å². The Bertz CT molecular complexity index is 155. The van der Waals surface area contributed by atoms with E-state index < -0.39 is 6.10 Å². The molecule has 1 unspecified atom stereocenters. The molecule has 1 rings (SSSR count). The van der Waals surface area contributed by atoms with Crippen LogP contribution in [0.4, 0.5) is 0 Å². The molecule has 2 atom stereocenters. The Kier molecular flexibility index (Phi) is 3.88. The van der Waals surface area contributed by atoms with Gasteiger partial charge >= 0.3 is 0 Å². The van der Waals surface area contributed by atoms with Crippen LogP contribution in [0.25, 0.3) is 0 Å². The van der Waals surface area contributed by atoms with Crippen molar-refractivity contribution in [3.05, 3.63) is 0 Å². The lowest BCUT2D eigenvalue weighted by atomic mass is 10.1. The molecule has 1 fully saturated rings. The summed E-state index contributed by atoms with van der Waals surface area (Å²) in [6.07, 6.45) is 0.309. The molecule has 0 aliphatic carbocycles. The monoisotopic (exact) mass is 189 g/mol. The molecule has 0 aromatic rings. The van der Waals surface area contributed by atoms with Crippen LogP contribution in [0.15, 0.2) is 0 Å². The van der Waals surface area contributed by atoms with Crippen molar-refractivity contribution in [3.8, 4) is 0 Å². The summed E-state index contributed by atoms with van der Waals surface area (Å²) in [4.78, 5) is 10.9. The second kappa shape index (κ2) is 4.72. The smallest absolute Gasteiger partial charge is 0.248 e. The fourth-order valence-electron chi connectivity index (χ4n) is 1.14. The van der Waals surface area contributed by atoms with Crippen molar-refractivity contribution >= 4 is 17.7 Å². The van der Waals surface area contributed by atoms with Crippen molar-refractivity contribution in [1.29, 1.82) is 0 Å². The molecule has 2 N–H and O–H groups in total. The van der Waals surface area contributed by atoms with Crippen molar-refractivity contribution in [1.82, 2.24) is 5.32 Å². The zero-order chi connectivity index (χ0) is 8.97. The Morgan fingerprint density at radius 1 is 1.83 bits per heavy atom. The molecule has 0 bridgehead atoms. The summed E-state index contributed by atoms with van der Waals surface area (Å²) in [6, 6.07) is 0. The highest BCUT2D eigenvalue weighted by Crippen LogP contribution is 2.22. The molecule has 0 aromatic carbocycles. The van der Waals surface area contributed by atoms with Crippen molar-refractivity contribution < 1.29 is 9.90 Å². The molecule has 1 heterocycles. The molecule has 0 radical (unpaired) electrons. The van der Waals surface area contributed by atoms with Crippen molar-refractivity contribution in [2.24, 2.45) is 5.92 Å². The highest BCUT2D eigenvalue weighted by Gasteiger charge is 2.17. The second-order valence-corrected chi connectivity index (χ2v) is 4.30. The predicted molar refractivity (Wildman–Crippen MR) is 50.1 cm³/mol. The maximum absolute atomic E-state index is 10.9. The lowest BCUT2D eigenvalue weighted by Crippen LogP contribution is -2.35. The van der Waals surface area contributed by atoms with Crippen molar-refractivity contribution in [3.63, 3.8) is 0 Å². The Hall–Kier alpha value is -0.220. The van der Waals surface area contributed by atoms with Gasteiger partial charge in [0.2, 0.25) is 5.91 Å². The summed E-state index contributed by atoms with van der Waals surface area (Å²) in [5.74, 6) is 2.69. The molecule has 4 heteroatoms. The molecule has 1 saturated heterocycles. The summed E-state index contributed by atoms with van der Waals surface area (Å²) >= 11 is 1.93. The van der Waals surface area contributed by atoms with Crippen LogP contribution in [-0.2, 0) is 4.79 Å². The SMILES string of the molecule is C[C@@H](O)C(=O)NCC1CCSC1. The number of aliphatic hydroxyl groups excluding tert-OH is 1. The molecule has 1 aliphatic rings. The Morgan fingerprint density at radius 3 is 3.08 bits per heavy atom. The van der Waals surface area contributed by atoms with Gasteiger partial charge in [0.05, 0.1) is 0 Å². The van der Waals surface area contributed by atoms with E-state index in [9.17, 15) is 4.79 Å². The van der Waals surface area contributed by atoms with Crippen LogP contribution in [0.3, 0.4) is 0 Å². The first kappa shape index (κ1) is 9.86. The van der Waals surface area contributed by atoms with Gasteiger partial charge in [0.15, 0.2) is 0 Å². The van der Waals surface area contributed by atoms with Crippen LogP contribution in [0.1, 0.15) is 13.3 Å². The molecular formula is C8H15NO2S. The standard InChI is InChI=1S/C8H15NO2S/c1-6(10)8(11)9-4-7-2-3-12-5-7/h6-7,10H,2-5H2,1H3,(H,9,11)/t6-,7?/m1/s1. The lowest BCUT2D eigenvalue weighted by Gasteiger charge is -2.10. The normalized spacial score (nSPS) is 25.3. The Balaban J connectivity index is 2.12. The van der Waals surface area contributed by atoms with E-state index in [-0.39, 0.29) is 5.91 Å². The minimum absolute atomic E-state index is 0.257. The number of carbonyl (C=O) groups is 1. The van der Waals surface area contributed by atoms with Gasteiger partial charge in [-0.2, -0.15) is 11.8 Å². The topological polar surface area (TPSA) is 49.3 Å². The van der Waals surface area contributed by atoms with E-state index in [0.717, 1.165) is 12.3 Å². The minimum Gasteiger partial charge on any atom is -0.384 e. The van der Waals surface area contributed by atoms with Gasteiger partial charge in [0.25, 0.3) is 0 Å². The van der Waals surface area contributed by atoms with E-state index in [1.54, 1.807) is 0 Å². The number of rotatable bonds is 3. The summed E-state index contributed by atoms with van der Waals surface area (Å²) in [7, 11) is 0. The summed E-state index contributed by atoms with van der Waals surface area (Å²) < 4.78 is 0. The van der Waals surface area contributed by atoms with Crippen LogP contribution in [0.5, 0.6) is 0 Å². The summed E-state index contributed by atoms with van der Waals surface area (Å²) in [6.45, 7) is 2.20. The predicted octanol–water partition coefficient (Wildman–Crippen LogP) is 0.236. The van der Waals surface area contributed by atoms with E-state index in [4.69, 9.17) is 5.11 Å². The van der Waals surface area contributed by atoms with E-state index in [1.807, 2.05) is 11.8 Å². The average molecular weight is 189 g/mol. The van der Waals surface area contributed by atoms with Gasteiger partial charge in [-0.3, -0.25) is 4.79 Å². The van der Waals surface area contributed by atoms with Gasteiger partial charge in [0, 0.05) is 6.54 Å². The largest absolute Gasteiger partial charge is 0.384 e. The van der Waals surface area contributed by atoms with Crippen LogP contribution in [0.2, 0.25) is 0 Å². The maximum atomic E-state index is 10.9. The highest BCUT2D eigenvalue weighted by atomic mass is 32.2. The minimum atomic E-state index is -0.876. The van der Waals surface area contributed by atoms with Gasteiger partial charge < -0.3 is 10.4 Å². The molecule has 70 valence electrons. The Morgan fingerprint density at radius 2 is 2.58 bits per heavy atom. The van der Waals surface area contributed by atoms with Gasteiger partial charge in [-0.25, -0.2) is 0 Å². The average Bonchev–Trinajstić information content (AvgIpc) is 2.51. The van der Waals surface area contributed by atoms with E-state index in [1.165, 1.54) is 19.1 Å². The molecule has 0 aromatic heterocycles. The van der Waals surface area contributed by atoms with E-state index in [2.05, 4.69) is 5.32 Å². The molecule has 1 aliphatic heterocycles.